The van der Waals surface area contributed by atoms with Gasteiger partial charge < -0.3 is 15.2 Å². The number of rotatable bonds is 6. The summed E-state index contributed by atoms with van der Waals surface area (Å²) in [5.74, 6) is -0.145. The number of nitrogens with zero attached hydrogens (tertiary/aromatic N) is 3. The van der Waals surface area contributed by atoms with Gasteiger partial charge in [-0.1, -0.05) is 48.2 Å². The van der Waals surface area contributed by atoms with Gasteiger partial charge >= 0.3 is 0 Å². The molecule has 8 heteroatoms. The van der Waals surface area contributed by atoms with Gasteiger partial charge in [0.15, 0.2) is 5.16 Å². The second-order valence-corrected chi connectivity index (χ2v) is 7.56. The molecule has 3 aromatic carbocycles. The molecule has 0 aliphatic rings. The van der Waals surface area contributed by atoms with Crippen molar-refractivity contribution in [1.29, 1.82) is 0 Å². The Labute approximate surface area is 177 Å². The zero-order valence-corrected chi connectivity index (χ0v) is 17.0. The predicted molar refractivity (Wildman–Crippen MR) is 119 cm³/mol. The molecule has 4 aromatic rings. The number of carbonyl (C=O) groups excluding carboxylic acids is 2. The molecule has 30 heavy (non-hydrogen) atoms. The standard InChI is InChI=1S/C22H19N5O2S/c1-27-14-23-26-22(27)30-13-20(28)24-17-11-9-16(10-12-17)21(29)25-19-8-4-6-15-5-2-3-7-18(15)19/h2-12,14H,13H2,1H3,(H,24,28)(H,25,29). The number of aromatic nitrogens is 3. The van der Waals surface area contributed by atoms with E-state index in [1.54, 1.807) is 35.2 Å². The molecule has 4 rings (SSSR count). The topological polar surface area (TPSA) is 88.9 Å². The van der Waals surface area contributed by atoms with Crippen molar-refractivity contribution in [3.05, 3.63) is 78.6 Å². The monoisotopic (exact) mass is 417 g/mol. The Morgan fingerprint density at radius 1 is 0.967 bits per heavy atom. The van der Waals surface area contributed by atoms with E-state index < -0.39 is 0 Å². The molecular formula is C22H19N5O2S. The number of hydrogen-bond donors (Lipinski definition) is 2. The molecule has 0 radical (unpaired) electrons. The van der Waals surface area contributed by atoms with Crippen LogP contribution in [0.2, 0.25) is 0 Å². The summed E-state index contributed by atoms with van der Waals surface area (Å²) in [5.41, 5.74) is 1.89. The zero-order valence-electron chi connectivity index (χ0n) is 16.2. The third-order valence-electron chi connectivity index (χ3n) is 4.47. The summed E-state index contributed by atoms with van der Waals surface area (Å²) < 4.78 is 1.75. The average Bonchev–Trinajstić information content (AvgIpc) is 3.18. The van der Waals surface area contributed by atoms with Crippen molar-refractivity contribution in [2.45, 2.75) is 5.16 Å². The van der Waals surface area contributed by atoms with Crippen LogP contribution in [-0.4, -0.2) is 32.3 Å². The second kappa shape index (κ2) is 8.79. The molecule has 0 saturated heterocycles. The number of hydrogen-bond acceptors (Lipinski definition) is 5. The highest BCUT2D eigenvalue weighted by atomic mass is 32.2. The highest BCUT2D eigenvalue weighted by Crippen LogP contribution is 2.23. The van der Waals surface area contributed by atoms with Gasteiger partial charge in [0.2, 0.25) is 5.91 Å². The normalized spacial score (nSPS) is 10.7. The molecule has 2 N–H and O–H groups in total. The Hall–Kier alpha value is -3.65. The van der Waals surface area contributed by atoms with Crippen LogP contribution in [0.25, 0.3) is 10.8 Å². The number of anilines is 2. The largest absolute Gasteiger partial charge is 0.325 e. The van der Waals surface area contributed by atoms with Gasteiger partial charge in [-0.05, 0) is 35.7 Å². The maximum atomic E-state index is 12.6. The minimum Gasteiger partial charge on any atom is -0.325 e. The SMILES string of the molecule is Cn1cnnc1SCC(=O)Nc1ccc(C(=O)Nc2cccc3ccccc23)cc1. The highest BCUT2D eigenvalue weighted by molar-refractivity contribution is 7.99. The summed E-state index contributed by atoms with van der Waals surface area (Å²) in [7, 11) is 1.82. The van der Waals surface area contributed by atoms with Crippen molar-refractivity contribution in [2.24, 2.45) is 7.05 Å². The lowest BCUT2D eigenvalue weighted by molar-refractivity contribution is -0.113. The summed E-state index contributed by atoms with van der Waals surface area (Å²) in [5, 5.41) is 16.2. The molecule has 0 bridgehead atoms. The molecule has 0 fully saturated rings. The fourth-order valence-electron chi connectivity index (χ4n) is 2.96. The molecule has 0 unspecified atom stereocenters. The first kappa shape index (κ1) is 19.7. The Bertz CT molecular complexity index is 1200. The Kier molecular flexibility index (Phi) is 5.76. The smallest absolute Gasteiger partial charge is 0.255 e. The van der Waals surface area contributed by atoms with Crippen LogP contribution in [0.1, 0.15) is 10.4 Å². The maximum absolute atomic E-state index is 12.6. The summed E-state index contributed by atoms with van der Waals surface area (Å²) in [6.07, 6.45) is 1.59. The van der Waals surface area contributed by atoms with Crippen LogP contribution < -0.4 is 10.6 Å². The van der Waals surface area contributed by atoms with E-state index in [0.29, 0.717) is 16.4 Å². The van der Waals surface area contributed by atoms with Crippen molar-refractivity contribution >= 4 is 45.7 Å². The summed E-state index contributed by atoms with van der Waals surface area (Å²) >= 11 is 1.30. The molecular weight excluding hydrogens is 398 g/mol. The number of fused-ring (bicyclic) bond motifs is 1. The third-order valence-corrected chi connectivity index (χ3v) is 5.51. The van der Waals surface area contributed by atoms with Crippen LogP contribution in [0.4, 0.5) is 11.4 Å². The van der Waals surface area contributed by atoms with Crippen molar-refractivity contribution in [2.75, 3.05) is 16.4 Å². The predicted octanol–water partition coefficient (Wildman–Crippen LogP) is 3.95. The second-order valence-electron chi connectivity index (χ2n) is 6.62. The maximum Gasteiger partial charge on any atom is 0.255 e. The first-order chi connectivity index (χ1) is 14.6. The molecule has 0 aliphatic heterocycles. The molecule has 0 spiro atoms. The van der Waals surface area contributed by atoms with Gasteiger partial charge in [0.05, 0.1) is 5.75 Å². The van der Waals surface area contributed by atoms with E-state index in [0.717, 1.165) is 16.5 Å². The highest BCUT2D eigenvalue weighted by Gasteiger charge is 2.10. The molecule has 0 aliphatic carbocycles. The van der Waals surface area contributed by atoms with Crippen LogP contribution in [0.3, 0.4) is 0 Å². The van der Waals surface area contributed by atoms with Gasteiger partial charge in [-0.25, -0.2) is 0 Å². The lowest BCUT2D eigenvalue weighted by Gasteiger charge is -2.10. The van der Waals surface area contributed by atoms with E-state index in [4.69, 9.17) is 0 Å². The number of thioether (sulfide) groups is 1. The average molecular weight is 417 g/mol. The Morgan fingerprint density at radius 2 is 1.73 bits per heavy atom. The third kappa shape index (κ3) is 4.49. The van der Waals surface area contributed by atoms with Gasteiger partial charge in [-0.2, -0.15) is 0 Å². The lowest BCUT2D eigenvalue weighted by Crippen LogP contribution is -2.15. The Morgan fingerprint density at radius 3 is 2.50 bits per heavy atom. The fourth-order valence-corrected chi connectivity index (χ4v) is 3.65. The van der Waals surface area contributed by atoms with Crippen LogP contribution in [0.5, 0.6) is 0 Å². The summed E-state index contributed by atoms with van der Waals surface area (Å²) in [4.78, 5) is 24.8. The van der Waals surface area contributed by atoms with E-state index in [9.17, 15) is 9.59 Å². The summed E-state index contributed by atoms with van der Waals surface area (Å²) in [6.45, 7) is 0. The van der Waals surface area contributed by atoms with Crippen LogP contribution >= 0.6 is 11.8 Å². The number of benzene rings is 3. The van der Waals surface area contributed by atoms with Crippen LogP contribution in [0, 0.1) is 0 Å². The molecule has 150 valence electrons. The van der Waals surface area contributed by atoms with E-state index in [1.165, 1.54) is 11.8 Å². The number of amides is 2. The van der Waals surface area contributed by atoms with Gasteiger partial charge in [0, 0.05) is 29.4 Å². The molecule has 0 saturated carbocycles. The molecule has 2 amide bonds. The number of carbonyl (C=O) groups is 2. The van der Waals surface area contributed by atoms with E-state index >= 15 is 0 Å². The van der Waals surface area contributed by atoms with Crippen molar-refractivity contribution in [3.8, 4) is 0 Å². The molecule has 1 heterocycles. The molecule has 0 atom stereocenters. The molecule has 1 aromatic heterocycles. The van der Waals surface area contributed by atoms with Gasteiger partial charge in [-0.15, -0.1) is 10.2 Å². The quantitative estimate of drug-likeness (QED) is 0.464. The van der Waals surface area contributed by atoms with Crippen molar-refractivity contribution in [3.63, 3.8) is 0 Å². The van der Waals surface area contributed by atoms with Gasteiger partial charge in [0.1, 0.15) is 6.33 Å². The lowest BCUT2D eigenvalue weighted by atomic mass is 10.1. The molecule has 7 nitrogen and oxygen atoms in total. The van der Waals surface area contributed by atoms with Crippen LogP contribution in [0.15, 0.2) is 78.2 Å². The van der Waals surface area contributed by atoms with E-state index in [-0.39, 0.29) is 17.6 Å². The van der Waals surface area contributed by atoms with Crippen molar-refractivity contribution < 1.29 is 9.59 Å². The van der Waals surface area contributed by atoms with Crippen molar-refractivity contribution in [1.82, 2.24) is 14.8 Å². The first-order valence-electron chi connectivity index (χ1n) is 9.26. The van der Waals surface area contributed by atoms with Crippen LogP contribution in [-0.2, 0) is 11.8 Å². The number of nitrogens with one attached hydrogen (secondary N) is 2. The zero-order chi connectivity index (χ0) is 20.9. The fraction of sp³-hybridized carbons (Fsp3) is 0.0909. The first-order valence-corrected chi connectivity index (χ1v) is 10.2. The van der Waals surface area contributed by atoms with E-state index in [2.05, 4.69) is 20.8 Å². The van der Waals surface area contributed by atoms with Gasteiger partial charge in [-0.3, -0.25) is 9.59 Å². The Balaban J connectivity index is 1.37. The van der Waals surface area contributed by atoms with Gasteiger partial charge in [0.25, 0.3) is 5.91 Å². The number of aryl methyl sites for hydroxylation is 1. The minimum absolute atomic E-state index is 0.157. The summed E-state index contributed by atoms with van der Waals surface area (Å²) in [6, 6.07) is 20.5. The minimum atomic E-state index is -0.206. The van der Waals surface area contributed by atoms with E-state index in [1.807, 2.05) is 49.5 Å².